The Morgan fingerprint density at radius 2 is 1.70 bits per heavy atom. The van der Waals surface area contributed by atoms with E-state index in [4.69, 9.17) is 4.74 Å². The summed E-state index contributed by atoms with van der Waals surface area (Å²) in [6, 6.07) is 21.0. The van der Waals surface area contributed by atoms with Crippen LogP contribution in [0.4, 0.5) is 20.3 Å². The number of aryl methyl sites for hydroxylation is 1. The van der Waals surface area contributed by atoms with Crippen LogP contribution < -0.4 is 10.1 Å². The van der Waals surface area contributed by atoms with Crippen LogP contribution in [0.2, 0.25) is 0 Å². The van der Waals surface area contributed by atoms with Crippen LogP contribution in [-0.2, 0) is 6.61 Å². The van der Waals surface area contributed by atoms with E-state index in [2.05, 4.69) is 15.3 Å². The quantitative estimate of drug-likeness (QED) is 0.335. The molecule has 3 aromatic heterocycles. The van der Waals surface area contributed by atoms with Gasteiger partial charge in [-0.05, 0) is 55.5 Å². The molecule has 5 aromatic rings. The second-order valence-electron chi connectivity index (χ2n) is 7.52. The maximum Gasteiger partial charge on any atom is 0.180 e. The predicted octanol–water partition coefficient (Wildman–Crippen LogP) is 6.31. The van der Waals surface area contributed by atoms with Crippen molar-refractivity contribution in [2.45, 2.75) is 13.5 Å². The highest BCUT2D eigenvalue weighted by molar-refractivity contribution is 5.70. The van der Waals surface area contributed by atoms with E-state index in [0.717, 1.165) is 28.5 Å². The highest BCUT2D eigenvalue weighted by Gasteiger charge is 2.16. The molecule has 0 bridgehead atoms. The molecule has 0 spiro atoms. The summed E-state index contributed by atoms with van der Waals surface area (Å²) in [5.41, 5.74) is 3.94. The van der Waals surface area contributed by atoms with Gasteiger partial charge in [-0.25, -0.2) is 18.7 Å². The van der Waals surface area contributed by atoms with Crippen molar-refractivity contribution in [3.05, 3.63) is 108 Å². The number of hydrogen-bond donors (Lipinski definition) is 1. The van der Waals surface area contributed by atoms with E-state index in [0.29, 0.717) is 11.4 Å². The Hall–Kier alpha value is -4.26. The highest BCUT2D eigenvalue weighted by atomic mass is 19.1. The molecule has 0 aliphatic rings. The average molecular weight is 442 g/mol. The van der Waals surface area contributed by atoms with Gasteiger partial charge in [0.15, 0.2) is 11.4 Å². The van der Waals surface area contributed by atoms with Gasteiger partial charge in [-0.3, -0.25) is 4.40 Å². The Morgan fingerprint density at radius 1 is 0.909 bits per heavy atom. The fourth-order valence-corrected chi connectivity index (χ4v) is 3.71. The lowest BCUT2D eigenvalue weighted by Crippen LogP contribution is -2.03. The molecule has 5 rings (SSSR count). The number of pyridine rings is 2. The number of anilines is 2. The zero-order valence-corrected chi connectivity index (χ0v) is 17.8. The van der Waals surface area contributed by atoms with Crippen LogP contribution in [-0.4, -0.2) is 14.4 Å². The van der Waals surface area contributed by atoms with Crippen LogP contribution in [0.25, 0.3) is 16.9 Å². The monoisotopic (exact) mass is 442 g/mol. The number of hydrogen-bond acceptors (Lipinski definition) is 4. The molecule has 0 fully saturated rings. The van der Waals surface area contributed by atoms with Crippen LogP contribution in [0.15, 0.2) is 85.2 Å². The summed E-state index contributed by atoms with van der Waals surface area (Å²) in [5, 5.41) is 3.26. The number of aromatic nitrogens is 3. The Labute approximate surface area is 189 Å². The minimum Gasteiger partial charge on any atom is -0.485 e. The molecule has 0 atom stereocenters. The molecule has 0 aliphatic heterocycles. The maximum atomic E-state index is 14.0. The van der Waals surface area contributed by atoms with Gasteiger partial charge in [-0.15, -0.1) is 0 Å². The molecule has 33 heavy (non-hydrogen) atoms. The first kappa shape index (κ1) is 20.6. The number of fused-ring (bicyclic) bond motifs is 1. The van der Waals surface area contributed by atoms with E-state index >= 15 is 0 Å². The van der Waals surface area contributed by atoms with Gasteiger partial charge < -0.3 is 10.1 Å². The number of nitrogens with zero attached hydrogens (tertiary/aromatic N) is 3. The summed E-state index contributed by atoms with van der Waals surface area (Å²) in [6.45, 7) is 1.67. The van der Waals surface area contributed by atoms with Crippen molar-refractivity contribution in [1.29, 1.82) is 0 Å². The fourth-order valence-electron chi connectivity index (χ4n) is 3.71. The molecular formula is C26H20F2N4O. The van der Waals surface area contributed by atoms with Gasteiger partial charge in [0.1, 0.15) is 24.1 Å². The fraction of sp³-hybridized carbons (Fsp3) is 0.0769. The average Bonchev–Trinajstić information content (AvgIpc) is 3.16. The first-order valence-electron chi connectivity index (χ1n) is 10.4. The number of benzene rings is 2. The molecule has 2 aromatic carbocycles. The van der Waals surface area contributed by atoms with Crippen molar-refractivity contribution in [3.8, 4) is 17.0 Å². The van der Waals surface area contributed by atoms with Crippen LogP contribution in [0.1, 0.15) is 11.3 Å². The number of nitrogens with one attached hydrogen (secondary N) is 1. The predicted molar refractivity (Wildman–Crippen MR) is 124 cm³/mol. The van der Waals surface area contributed by atoms with E-state index in [1.54, 1.807) is 12.3 Å². The zero-order chi connectivity index (χ0) is 22.8. The number of ether oxygens (including phenoxy) is 1. The van der Waals surface area contributed by atoms with Crippen LogP contribution >= 0.6 is 0 Å². The van der Waals surface area contributed by atoms with Crippen LogP contribution in [0.3, 0.4) is 0 Å². The van der Waals surface area contributed by atoms with Gasteiger partial charge in [0.25, 0.3) is 0 Å². The van der Waals surface area contributed by atoms with E-state index in [1.807, 2.05) is 66.1 Å². The van der Waals surface area contributed by atoms with E-state index in [1.165, 1.54) is 18.2 Å². The normalized spacial score (nSPS) is 11.0. The van der Waals surface area contributed by atoms with E-state index in [9.17, 15) is 8.78 Å². The second kappa shape index (κ2) is 8.70. The summed E-state index contributed by atoms with van der Waals surface area (Å²) < 4.78 is 35.6. The lowest BCUT2D eigenvalue weighted by molar-refractivity contribution is 0.294. The standard InChI is InChI=1S/C26H20F2N4O/c1-17-25(18-12-13-24(29-15-18)31-19-7-3-2-4-8-19)32-14-6-11-23(26(32)30-17)33-16-20-21(27)9-5-10-22(20)28/h2-15H,16H2,1H3,(H,29,31). The minimum atomic E-state index is -0.641. The lowest BCUT2D eigenvalue weighted by atomic mass is 10.2. The molecule has 0 radical (unpaired) electrons. The first-order valence-corrected chi connectivity index (χ1v) is 10.4. The molecule has 3 heterocycles. The third kappa shape index (κ3) is 4.13. The number of rotatable bonds is 6. The van der Waals surface area contributed by atoms with Crippen molar-refractivity contribution >= 4 is 17.2 Å². The van der Waals surface area contributed by atoms with E-state index in [-0.39, 0.29) is 12.2 Å². The van der Waals surface area contributed by atoms with Crippen molar-refractivity contribution in [3.63, 3.8) is 0 Å². The molecule has 0 saturated heterocycles. The SMILES string of the molecule is Cc1nc2c(OCc3c(F)cccc3F)cccn2c1-c1ccc(Nc2ccccc2)nc1. The molecule has 0 amide bonds. The summed E-state index contributed by atoms with van der Waals surface area (Å²) >= 11 is 0. The van der Waals surface area contributed by atoms with Gasteiger partial charge in [0.2, 0.25) is 0 Å². The van der Waals surface area contributed by atoms with Gasteiger partial charge in [-0.2, -0.15) is 0 Å². The lowest BCUT2D eigenvalue weighted by Gasteiger charge is -2.10. The van der Waals surface area contributed by atoms with Crippen molar-refractivity contribution in [2.75, 3.05) is 5.32 Å². The Balaban J connectivity index is 1.43. The highest BCUT2D eigenvalue weighted by Crippen LogP contribution is 2.30. The van der Waals surface area contributed by atoms with Crippen molar-refractivity contribution in [1.82, 2.24) is 14.4 Å². The second-order valence-corrected chi connectivity index (χ2v) is 7.52. The topological polar surface area (TPSA) is 51.5 Å². The molecule has 7 heteroatoms. The third-order valence-electron chi connectivity index (χ3n) is 5.31. The van der Waals surface area contributed by atoms with Gasteiger partial charge in [0.05, 0.1) is 17.0 Å². The Bertz CT molecular complexity index is 1400. The van der Waals surface area contributed by atoms with Gasteiger partial charge in [0, 0.05) is 23.6 Å². The molecule has 0 unspecified atom stereocenters. The smallest absolute Gasteiger partial charge is 0.180 e. The maximum absolute atomic E-state index is 14.0. The summed E-state index contributed by atoms with van der Waals surface area (Å²) in [6.07, 6.45) is 3.65. The molecule has 1 N–H and O–H groups in total. The summed E-state index contributed by atoms with van der Waals surface area (Å²) in [7, 11) is 0. The Kier molecular flexibility index (Phi) is 5.44. The molecular weight excluding hydrogens is 422 g/mol. The minimum absolute atomic E-state index is 0.117. The van der Waals surface area contributed by atoms with Crippen molar-refractivity contribution < 1.29 is 13.5 Å². The zero-order valence-electron chi connectivity index (χ0n) is 17.8. The van der Waals surface area contributed by atoms with E-state index < -0.39 is 11.6 Å². The number of para-hydroxylation sites is 1. The molecule has 0 saturated carbocycles. The van der Waals surface area contributed by atoms with Crippen LogP contribution in [0, 0.1) is 18.6 Å². The number of imidazole rings is 1. The van der Waals surface area contributed by atoms with Crippen molar-refractivity contribution in [2.24, 2.45) is 0 Å². The third-order valence-corrected chi connectivity index (χ3v) is 5.31. The first-order chi connectivity index (χ1) is 16.1. The molecule has 0 aliphatic carbocycles. The summed E-state index contributed by atoms with van der Waals surface area (Å²) in [4.78, 5) is 9.17. The van der Waals surface area contributed by atoms with Gasteiger partial charge >= 0.3 is 0 Å². The largest absolute Gasteiger partial charge is 0.485 e. The molecule has 164 valence electrons. The molecule has 5 nitrogen and oxygen atoms in total. The summed E-state index contributed by atoms with van der Waals surface area (Å²) in [5.74, 6) is -0.118. The Morgan fingerprint density at radius 3 is 2.42 bits per heavy atom. The number of halogens is 2. The van der Waals surface area contributed by atoms with Gasteiger partial charge in [-0.1, -0.05) is 24.3 Å². The van der Waals surface area contributed by atoms with Crippen LogP contribution in [0.5, 0.6) is 5.75 Å².